The molecule has 3 aromatic rings. The highest BCUT2D eigenvalue weighted by Gasteiger charge is 2.24. The first-order valence-electron chi connectivity index (χ1n) is 7.24. The zero-order valence-corrected chi connectivity index (χ0v) is 13.1. The fourth-order valence-electron chi connectivity index (χ4n) is 2.50. The SMILES string of the molecule is Cc1nn(C)c(NCC(C)c2nc3ccccc3o2)c1[N+](=O)[O-]. The average molecular weight is 315 g/mol. The Kier molecular flexibility index (Phi) is 3.73. The van der Waals surface area contributed by atoms with Crippen molar-refractivity contribution in [1.82, 2.24) is 14.8 Å². The second-order valence-corrected chi connectivity index (χ2v) is 5.47. The molecule has 23 heavy (non-hydrogen) atoms. The van der Waals surface area contributed by atoms with Crippen molar-refractivity contribution in [2.24, 2.45) is 7.05 Å². The highest BCUT2D eigenvalue weighted by atomic mass is 16.6. The second-order valence-electron chi connectivity index (χ2n) is 5.47. The van der Waals surface area contributed by atoms with E-state index in [1.54, 1.807) is 14.0 Å². The second kappa shape index (κ2) is 5.71. The van der Waals surface area contributed by atoms with E-state index in [-0.39, 0.29) is 11.6 Å². The van der Waals surface area contributed by atoms with Gasteiger partial charge in [0.05, 0.1) is 10.8 Å². The van der Waals surface area contributed by atoms with E-state index in [4.69, 9.17) is 4.42 Å². The van der Waals surface area contributed by atoms with Gasteiger partial charge in [-0.25, -0.2) is 9.67 Å². The normalized spacial score (nSPS) is 12.5. The molecular weight excluding hydrogens is 298 g/mol. The molecule has 2 aromatic heterocycles. The number of nitrogens with one attached hydrogen (secondary N) is 1. The Bertz CT molecular complexity index is 834. The summed E-state index contributed by atoms with van der Waals surface area (Å²) in [5.74, 6) is 0.938. The van der Waals surface area contributed by atoms with Crippen LogP contribution in [-0.4, -0.2) is 26.2 Å². The maximum Gasteiger partial charge on any atom is 0.333 e. The number of hydrogen-bond acceptors (Lipinski definition) is 6. The average Bonchev–Trinajstić information content (AvgIpc) is 3.05. The minimum atomic E-state index is -0.422. The Morgan fingerprint density at radius 1 is 1.43 bits per heavy atom. The maximum absolute atomic E-state index is 11.2. The monoisotopic (exact) mass is 315 g/mol. The first-order valence-corrected chi connectivity index (χ1v) is 7.24. The van der Waals surface area contributed by atoms with E-state index in [0.717, 1.165) is 11.1 Å². The van der Waals surface area contributed by atoms with Crippen LogP contribution in [0.3, 0.4) is 0 Å². The third kappa shape index (κ3) is 2.75. The van der Waals surface area contributed by atoms with Crippen LogP contribution in [0.15, 0.2) is 28.7 Å². The molecule has 0 aliphatic heterocycles. The Morgan fingerprint density at radius 2 is 2.17 bits per heavy atom. The molecule has 8 heteroatoms. The summed E-state index contributed by atoms with van der Waals surface area (Å²) in [7, 11) is 1.67. The van der Waals surface area contributed by atoms with Gasteiger partial charge < -0.3 is 9.73 Å². The van der Waals surface area contributed by atoms with Crippen LogP contribution in [0, 0.1) is 17.0 Å². The first kappa shape index (κ1) is 15.0. The van der Waals surface area contributed by atoms with E-state index >= 15 is 0 Å². The van der Waals surface area contributed by atoms with Gasteiger partial charge in [0, 0.05) is 13.6 Å². The number of para-hydroxylation sites is 2. The van der Waals surface area contributed by atoms with Crippen LogP contribution in [-0.2, 0) is 7.05 Å². The van der Waals surface area contributed by atoms with Gasteiger partial charge in [-0.05, 0) is 19.1 Å². The number of hydrogen-bond donors (Lipinski definition) is 1. The Labute approximate surface area is 132 Å². The molecule has 0 aliphatic rings. The van der Waals surface area contributed by atoms with Crippen molar-refractivity contribution < 1.29 is 9.34 Å². The van der Waals surface area contributed by atoms with Crippen molar-refractivity contribution in [1.29, 1.82) is 0 Å². The Hall–Kier alpha value is -2.90. The van der Waals surface area contributed by atoms with Crippen molar-refractivity contribution in [2.75, 3.05) is 11.9 Å². The molecule has 0 fully saturated rings. The van der Waals surface area contributed by atoms with Gasteiger partial charge in [-0.3, -0.25) is 10.1 Å². The molecule has 0 spiro atoms. The number of oxazole rings is 1. The minimum Gasteiger partial charge on any atom is -0.440 e. The van der Waals surface area contributed by atoms with Crippen molar-refractivity contribution in [3.05, 3.63) is 46.0 Å². The fourth-order valence-corrected chi connectivity index (χ4v) is 2.50. The maximum atomic E-state index is 11.2. The third-order valence-electron chi connectivity index (χ3n) is 3.68. The van der Waals surface area contributed by atoms with Crippen LogP contribution in [0.4, 0.5) is 11.5 Å². The summed E-state index contributed by atoms with van der Waals surface area (Å²) >= 11 is 0. The summed E-state index contributed by atoms with van der Waals surface area (Å²) in [5, 5.41) is 18.3. The van der Waals surface area contributed by atoms with Gasteiger partial charge in [0.2, 0.25) is 5.82 Å². The van der Waals surface area contributed by atoms with Gasteiger partial charge >= 0.3 is 5.69 Å². The number of rotatable bonds is 5. The number of fused-ring (bicyclic) bond motifs is 1. The van der Waals surface area contributed by atoms with Crippen LogP contribution in [0.1, 0.15) is 24.4 Å². The van der Waals surface area contributed by atoms with Crippen LogP contribution in [0.25, 0.3) is 11.1 Å². The largest absolute Gasteiger partial charge is 0.440 e. The van der Waals surface area contributed by atoms with Crippen LogP contribution >= 0.6 is 0 Å². The van der Waals surface area contributed by atoms with Gasteiger partial charge in [-0.1, -0.05) is 19.1 Å². The first-order chi connectivity index (χ1) is 11.0. The summed E-state index contributed by atoms with van der Waals surface area (Å²) in [4.78, 5) is 15.2. The molecule has 8 nitrogen and oxygen atoms in total. The molecule has 120 valence electrons. The van der Waals surface area contributed by atoms with Crippen LogP contribution in [0.5, 0.6) is 0 Å². The number of nitro groups is 1. The molecule has 0 amide bonds. The van der Waals surface area contributed by atoms with Crippen molar-refractivity contribution in [3.8, 4) is 0 Å². The highest BCUT2D eigenvalue weighted by molar-refractivity contribution is 5.72. The van der Waals surface area contributed by atoms with E-state index in [9.17, 15) is 10.1 Å². The van der Waals surface area contributed by atoms with E-state index in [2.05, 4.69) is 15.4 Å². The molecule has 0 radical (unpaired) electrons. The highest BCUT2D eigenvalue weighted by Crippen LogP contribution is 2.28. The van der Waals surface area contributed by atoms with Crippen LogP contribution < -0.4 is 5.32 Å². The summed E-state index contributed by atoms with van der Waals surface area (Å²) < 4.78 is 7.20. The fraction of sp³-hybridized carbons (Fsp3) is 0.333. The van der Waals surface area contributed by atoms with Gasteiger partial charge in [-0.15, -0.1) is 0 Å². The molecule has 0 bridgehead atoms. The van der Waals surface area contributed by atoms with Crippen molar-refractivity contribution in [3.63, 3.8) is 0 Å². The van der Waals surface area contributed by atoms with Crippen molar-refractivity contribution in [2.45, 2.75) is 19.8 Å². The number of benzene rings is 1. The van der Waals surface area contributed by atoms with Crippen molar-refractivity contribution >= 4 is 22.6 Å². The molecule has 2 heterocycles. The molecule has 0 saturated carbocycles. The van der Waals surface area contributed by atoms with Gasteiger partial charge in [-0.2, -0.15) is 5.10 Å². The molecule has 1 N–H and O–H groups in total. The van der Waals surface area contributed by atoms with Gasteiger partial charge in [0.25, 0.3) is 0 Å². The topological polar surface area (TPSA) is 99.0 Å². The molecule has 0 aliphatic carbocycles. The van der Waals surface area contributed by atoms with E-state index in [1.165, 1.54) is 4.68 Å². The summed E-state index contributed by atoms with van der Waals surface area (Å²) in [6.45, 7) is 4.02. The lowest BCUT2D eigenvalue weighted by Crippen LogP contribution is -2.13. The summed E-state index contributed by atoms with van der Waals surface area (Å²) in [6.07, 6.45) is 0. The Balaban J connectivity index is 1.79. The number of aromatic nitrogens is 3. The lowest BCUT2D eigenvalue weighted by molar-refractivity contribution is -0.384. The van der Waals surface area contributed by atoms with E-state index in [0.29, 0.717) is 23.9 Å². The molecule has 1 atom stereocenters. The summed E-state index contributed by atoms with van der Waals surface area (Å²) in [5.41, 5.74) is 1.92. The Morgan fingerprint density at radius 3 is 2.87 bits per heavy atom. The lowest BCUT2D eigenvalue weighted by Gasteiger charge is -2.10. The molecule has 1 aromatic carbocycles. The minimum absolute atomic E-state index is 0.00253. The van der Waals surface area contributed by atoms with Gasteiger partial charge in [0.1, 0.15) is 11.2 Å². The number of aryl methyl sites for hydroxylation is 2. The molecule has 0 saturated heterocycles. The van der Waals surface area contributed by atoms with E-state index < -0.39 is 4.92 Å². The quantitative estimate of drug-likeness (QED) is 0.574. The lowest BCUT2D eigenvalue weighted by atomic mass is 10.2. The number of nitrogens with zero attached hydrogens (tertiary/aromatic N) is 4. The molecular formula is C15H17N5O3. The third-order valence-corrected chi connectivity index (χ3v) is 3.68. The predicted octanol–water partition coefficient (Wildman–Crippen LogP) is 2.99. The van der Waals surface area contributed by atoms with Gasteiger partial charge in [0.15, 0.2) is 11.5 Å². The number of anilines is 1. The molecule has 3 rings (SSSR count). The summed E-state index contributed by atoms with van der Waals surface area (Å²) in [6, 6.07) is 7.54. The standard InChI is InChI=1S/C15H17N5O3/c1-9(15-17-11-6-4-5-7-12(11)23-15)8-16-14-13(20(21)22)10(2)18-19(14)3/h4-7,9,16H,8H2,1-3H3. The zero-order chi connectivity index (χ0) is 16.6. The molecule has 1 unspecified atom stereocenters. The predicted molar refractivity (Wildman–Crippen MR) is 85.5 cm³/mol. The van der Waals surface area contributed by atoms with E-state index in [1.807, 2.05) is 31.2 Å². The van der Waals surface area contributed by atoms with Crippen LogP contribution in [0.2, 0.25) is 0 Å². The smallest absolute Gasteiger partial charge is 0.333 e. The zero-order valence-electron chi connectivity index (χ0n) is 13.1.